The molecule has 0 saturated heterocycles. The molecule has 94 valence electrons. The Morgan fingerprint density at radius 2 is 2.33 bits per heavy atom. The molecule has 0 spiro atoms. The average Bonchev–Trinajstić information content (AvgIpc) is 2.91. The Bertz CT molecular complexity index is 556. The molecule has 2 aliphatic rings. The van der Waals surface area contributed by atoms with Gasteiger partial charge in [-0.25, -0.2) is 4.98 Å². The lowest BCUT2D eigenvalue weighted by Gasteiger charge is -2.19. The lowest BCUT2D eigenvalue weighted by Crippen LogP contribution is -2.28. The van der Waals surface area contributed by atoms with Crippen LogP contribution in [0.4, 0.5) is 0 Å². The topological polar surface area (TPSA) is 79.6 Å². The summed E-state index contributed by atoms with van der Waals surface area (Å²) in [5.74, 6) is 2.33. The van der Waals surface area contributed by atoms with Crippen LogP contribution in [0.2, 0.25) is 0 Å². The molecule has 1 aliphatic carbocycles. The number of aromatic amines is 1. The Labute approximate surface area is 104 Å². The van der Waals surface area contributed by atoms with Crippen molar-refractivity contribution in [1.82, 2.24) is 25.4 Å². The van der Waals surface area contributed by atoms with Crippen molar-refractivity contribution in [2.45, 2.75) is 38.3 Å². The summed E-state index contributed by atoms with van der Waals surface area (Å²) in [6.45, 7) is 0.778. The molecule has 2 aromatic rings. The zero-order chi connectivity index (χ0) is 11.9. The van der Waals surface area contributed by atoms with Crippen LogP contribution in [0.25, 0.3) is 0 Å². The van der Waals surface area contributed by atoms with Crippen LogP contribution in [0, 0.1) is 5.92 Å². The molecule has 3 heterocycles. The second kappa shape index (κ2) is 3.91. The summed E-state index contributed by atoms with van der Waals surface area (Å²) in [6, 6.07) is 0.0984. The average molecular weight is 245 g/mol. The minimum atomic E-state index is 0.0984. The highest BCUT2D eigenvalue weighted by Crippen LogP contribution is 2.32. The third kappa shape index (κ3) is 1.82. The Morgan fingerprint density at radius 3 is 3.22 bits per heavy atom. The lowest BCUT2D eigenvalue weighted by atomic mass is 10.1. The fourth-order valence-corrected chi connectivity index (χ4v) is 2.42. The van der Waals surface area contributed by atoms with Gasteiger partial charge in [0.1, 0.15) is 0 Å². The number of aromatic nitrogens is 4. The van der Waals surface area contributed by atoms with E-state index in [1.165, 1.54) is 12.8 Å². The van der Waals surface area contributed by atoms with Gasteiger partial charge in [0.25, 0.3) is 0 Å². The van der Waals surface area contributed by atoms with Gasteiger partial charge in [0.15, 0.2) is 5.82 Å². The molecule has 0 bridgehead atoms. The number of nitrogens with one attached hydrogen (secondary N) is 2. The molecule has 0 aromatic carbocycles. The van der Waals surface area contributed by atoms with Crippen LogP contribution in [-0.4, -0.2) is 20.1 Å². The summed E-state index contributed by atoms with van der Waals surface area (Å²) in [7, 11) is 0. The molecule has 1 fully saturated rings. The maximum absolute atomic E-state index is 5.36. The highest BCUT2D eigenvalue weighted by molar-refractivity contribution is 5.17. The smallest absolute Gasteiger partial charge is 0.244 e. The van der Waals surface area contributed by atoms with E-state index in [-0.39, 0.29) is 6.04 Å². The zero-order valence-electron chi connectivity index (χ0n) is 10.0. The second-order valence-electron chi connectivity index (χ2n) is 5.16. The molecule has 2 N–H and O–H groups in total. The number of hydrogen-bond donors (Lipinski definition) is 2. The van der Waals surface area contributed by atoms with Crippen LogP contribution in [0.5, 0.6) is 0 Å². The first-order chi connectivity index (χ1) is 8.88. The molecule has 18 heavy (non-hydrogen) atoms. The third-order valence-corrected chi connectivity index (χ3v) is 3.68. The van der Waals surface area contributed by atoms with Crippen molar-refractivity contribution in [3.05, 3.63) is 29.4 Å². The molecule has 1 saturated carbocycles. The van der Waals surface area contributed by atoms with Gasteiger partial charge in [0, 0.05) is 19.4 Å². The van der Waals surface area contributed by atoms with Gasteiger partial charge in [-0.15, -0.1) is 0 Å². The van der Waals surface area contributed by atoms with Gasteiger partial charge in [0.05, 0.1) is 23.8 Å². The monoisotopic (exact) mass is 245 g/mol. The number of rotatable bonds is 3. The molecule has 0 amide bonds. The fourth-order valence-electron chi connectivity index (χ4n) is 2.42. The molecule has 1 aliphatic heterocycles. The Morgan fingerprint density at radius 1 is 1.39 bits per heavy atom. The van der Waals surface area contributed by atoms with Crippen molar-refractivity contribution in [3.8, 4) is 0 Å². The summed E-state index contributed by atoms with van der Waals surface area (Å²) in [5.41, 5.74) is 2.25. The number of H-pyrrole nitrogens is 1. The molecular formula is C12H15N5O. The van der Waals surface area contributed by atoms with E-state index >= 15 is 0 Å². The van der Waals surface area contributed by atoms with Crippen molar-refractivity contribution >= 4 is 0 Å². The van der Waals surface area contributed by atoms with Crippen LogP contribution in [0.1, 0.15) is 42.0 Å². The minimum absolute atomic E-state index is 0.0984. The van der Waals surface area contributed by atoms with E-state index in [2.05, 4.69) is 25.4 Å². The van der Waals surface area contributed by atoms with E-state index in [1.807, 2.05) is 0 Å². The van der Waals surface area contributed by atoms with Crippen molar-refractivity contribution < 1.29 is 4.52 Å². The molecule has 6 heteroatoms. The molecule has 1 unspecified atom stereocenters. The predicted molar refractivity (Wildman–Crippen MR) is 62.6 cm³/mol. The van der Waals surface area contributed by atoms with Gasteiger partial charge in [0.2, 0.25) is 5.89 Å². The normalized spacial score (nSPS) is 23.0. The maximum Gasteiger partial charge on any atom is 0.244 e. The largest absolute Gasteiger partial charge is 0.347 e. The minimum Gasteiger partial charge on any atom is -0.347 e. The third-order valence-electron chi connectivity index (χ3n) is 3.68. The van der Waals surface area contributed by atoms with Gasteiger partial charge in [-0.1, -0.05) is 5.16 Å². The first-order valence-electron chi connectivity index (χ1n) is 6.45. The van der Waals surface area contributed by atoms with Crippen LogP contribution < -0.4 is 5.32 Å². The standard InChI is InChI=1S/C12H15N5O/c1-2-7(1)3-11-16-12(18-17-11)9-4-8-10(5-13-9)15-6-14-8/h6-7,9,13H,1-5H2,(H,14,15). The van der Waals surface area contributed by atoms with E-state index in [1.54, 1.807) is 6.33 Å². The summed E-state index contributed by atoms with van der Waals surface area (Å²) in [6.07, 6.45) is 6.12. The van der Waals surface area contributed by atoms with Gasteiger partial charge in [-0.05, 0) is 18.8 Å². The van der Waals surface area contributed by atoms with E-state index in [4.69, 9.17) is 4.52 Å². The summed E-state index contributed by atoms with van der Waals surface area (Å²) >= 11 is 0. The molecule has 4 rings (SSSR count). The summed E-state index contributed by atoms with van der Waals surface area (Å²) in [4.78, 5) is 11.9. The zero-order valence-corrected chi connectivity index (χ0v) is 10.0. The molecule has 2 aromatic heterocycles. The first-order valence-corrected chi connectivity index (χ1v) is 6.45. The van der Waals surface area contributed by atoms with E-state index in [0.717, 1.165) is 42.5 Å². The summed E-state index contributed by atoms with van der Waals surface area (Å²) in [5, 5.41) is 7.45. The van der Waals surface area contributed by atoms with Crippen molar-refractivity contribution in [2.24, 2.45) is 5.92 Å². The van der Waals surface area contributed by atoms with Crippen LogP contribution in [-0.2, 0) is 19.4 Å². The van der Waals surface area contributed by atoms with Crippen LogP contribution in [0.3, 0.4) is 0 Å². The highest BCUT2D eigenvalue weighted by atomic mass is 16.5. The van der Waals surface area contributed by atoms with Gasteiger partial charge in [-0.3, -0.25) is 5.32 Å². The van der Waals surface area contributed by atoms with Crippen LogP contribution >= 0.6 is 0 Å². The SMILES string of the molecule is c1nc2c([nH]1)CNC(c1nc(CC3CC3)no1)C2. The number of fused-ring (bicyclic) bond motifs is 1. The first kappa shape index (κ1) is 10.3. The number of hydrogen-bond acceptors (Lipinski definition) is 5. The van der Waals surface area contributed by atoms with E-state index in [9.17, 15) is 0 Å². The van der Waals surface area contributed by atoms with E-state index in [0.29, 0.717) is 5.89 Å². The van der Waals surface area contributed by atoms with Gasteiger partial charge in [-0.2, -0.15) is 4.98 Å². The predicted octanol–water partition coefficient (Wildman–Crippen LogP) is 1.13. The molecule has 1 atom stereocenters. The number of imidazole rings is 1. The van der Waals surface area contributed by atoms with Gasteiger partial charge < -0.3 is 9.51 Å². The number of nitrogens with zero attached hydrogens (tertiary/aromatic N) is 3. The highest BCUT2D eigenvalue weighted by Gasteiger charge is 2.28. The van der Waals surface area contributed by atoms with Crippen molar-refractivity contribution in [1.29, 1.82) is 0 Å². The van der Waals surface area contributed by atoms with E-state index < -0.39 is 0 Å². The lowest BCUT2D eigenvalue weighted by molar-refractivity contribution is 0.316. The second-order valence-corrected chi connectivity index (χ2v) is 5.16. The Hall–Kier alpha value is -1.69. The Balaban J connectivity index is 1.51. The van der Waals surface area contributed by atoms with Crippen molar-refractivity contribution in [3.63, 3.8) is 0 Å². The Kier molecular flexibility index (Phi) is 2.23. The molecule has 6 nitrogen and oxygen atoms in total. The van der Waals surface area contributed by atoms with Crippen molar-refractivity contribution in [2.75, 3.05) is 0 Å². The fraction of sp³-hybridized carbons (Fsp3) is 0.583. The molecule has 0 radical (unpaired) electrons. The van der Waals surface area contributed by atoms with Crippen LogP contribution in [0.15, 0.2) is 10.9 Å². The molecular weight excluding hydrogens is 230 g/mol. The maximum atomic E-state index is 5.36. The summed E-state index contributed by atoms with van der Waals surface area (Å²) < 4.78 is 5.36. The quantitative estimate of drug-likeness (QED) is 0.847. The van der Waals surface area contributed by atoms with Gasteiger partial charge >= 0.3 is 0 Å².